The molecule has 17 heavy (non-hydrogen) atoms. The Kier molecular flexibility index (Phi) is 4.18. The van der Waals surface area contributed by atoms with Crippen LogP contribution in [0.15, 0.2) is 17.5 Å². The molecular formula is C13H19NO2S. The van der Waals surface area contributed by atoms with Crippen molar-refractivity contribution in [2.45, 2.75) is 32.2 Å². The van der Waals surface area contributed by atoms with Crippen LogP contribution in [-0.2, 0) is 11.2 Å². The minimum atomic E-state index is -0.630. The van der Waals surface area contributed by atoms with Crippen LogP contribution in [0.3, 0.4) is 0 Å². The van der Waals surface area contributed by atoms with Crippen molar-refractivity contribution in [3.63, 3.8) is 0 Å². The zero-order valence-corrected chi connectivity index (χ0v) is 10.9. The highest BCUT2D eigenvalue weighted by Gasteiger charge is 2.29. The molecule has 1 saturated heterocycles. The van der Waals surface area contributed by atoms with Gasteiger partial charge in [-0.25, -0.2) is 0 Å². The third kappa shape index (κ3) is 3.30. The standard InChI is InChI=1S/C13H19NO2S/c1-10-9-11(13(15)16)4-6-14(10)7-5-12-3-2-8-17-12/h2-3,8,10-11H,4-7,9H2,1H3,(H,15,16). The van der Waals surface area contributed by atoms with Crippen molar-refractivity contribution in [2.24, 2.45) is 5.92 Å². The third-order valence-corrected chi connectivity index (χ3v) is 4.52. The first-order chi connectivity index (χ1) is 8.16. The number of hydrogen-bond acceptors (Lipinski definition) is 3. The number of hydrogen-bond donors (Lipinski definition) is 1. The second kappa shape index (κ2) is 5.65. The van der Waals surface area contributed by atoms with Crippen LogP contribution in [0.4, 0.5) is 0 Å². The maximum atomic E-state index is 10.9. The lowest BCUT2D eigenvalue weighted by Gasteiger charge is -2.36. The molecule has 1 aromatic heterocycles. The first kappa shape index (κ1) is 12.6. The number of thiophene rings is 1. The Balaban J connectivity index is 1.81. The Hall–Kier alpha value is -0.870. The molecular weight excluding hydrogens is 234 g/mol. The van der Waals surface area contributed by atoms with E-state index < -0.39 is 5.97 Å². The largest absolute Gasteiger partial charge is 0.481 e. The monoisotopic (exact) mass is 253 g/mol. The number of nitrogens with zero attached hydrogens (tertiary/aromatic N) is 1. The summed E-state index contributed by atoms with van der Waals surface area (Å²) in [5, 5.41) is 11.1. The highest BCUT2D eigenvalue weighted by molar-refractivity contribution is 7.09. The van der Waals surface area contributed by atoms with Gasteiger partial charge in [0.2, 0.25) is 0 Å². The van der Waals surface area contributed by atoms with Gasteiger partial charge in [0.25, 0.3) is 0 Å². The van der Waals surface area contributed by atoms with Gasteiger partial charge in [-0.15, -0.1) is 11.3 Å². The van der Waals surface area contributed by atoms with Gasteiger partial charge in [-0.1, -0.05) is 6.07 Å². The molecule has 0 aliphatic carbocycles. The van der Waals surface area contributed by atoms with Crippen LogP contribution in [0.2, 0.25) is 0 Å². The van der Waals surface area contributed by atoms with Gasteiger partial charge in [0.1, 0.15) is 0 Å². The highest BCUT2D eigenvalue weighted by Crippen LogP contribution is 2.23. The summed E-state index contributed by atoms with van der Waals surface area (Å²) < 4.78 is 0. The quantitative estimate of drug-likeness (QED) is 0.896. The van der Waals surface area contributed by atoms with Gasteiger partial charge < -0.3 is 10.0 Å². The van der Waals surface area contributed by atoms with E-state index in [1.807, 2.05) is 0 Å². The minimum absolute atomic E-state index is 0.136. The lowest BCUT2D eigenvalue weighted by atomic mass is 9.91. The molecule has 4 heteroatoms. The summed E-state index contributed by atoms with van der Waals surface area (Å²) in [4.78, 5) is 14.8. The molecule has 2 rings (SSSR count). The number of likely N-dealkylation sites (tertiary alicyclic amines) is 1. The molecule has 0 bridgehead atoms. The summed E-state index contributed by atoms with van der Waals surface area (Å²) in [6.45, 7) is 4.11. The second-order valence-corrected chi connectivity index (χ2v) is 5.81. The van der Waals surface area contributed by atoms with Crippen molar-refractivity contribution in [1.29, 1.82) is 0 Å². The average molecular weight is 253 g/mol. The molecule has 0 spiro atoms. The predicted molar refractivity (Wildman–Crippen MR) is 69.4 cm³/mol. The van der Waals surface area contributed by atoms with Crippen LogP contribution in [-0.4, -0.2) is 35.1 Å². The molecule has 1 aliphatic heterocycles. The van der Waals surface area contributed by atoms with Gasteiger partial charge >= 0.3 is 5.97 Å². The van der Waals surface area contributed by atoms with E-state index in [1.54, 1.807) is 11.3 Å². The van der Waals surface area contributed by atoms with Crippen LogP contribution in [0, 0.1) is 5.92 Å². The van der Waals surface area contributed by atoms with E-state index in [0.717, 1.165) is 32.4 Å². The molecule has 0 amide bonds. The van der Waals surface area contributed by atoms with Crippen molar-refractivity contribution >= 4 is 17.3 Å². The molecule has 0 aromatic carbocycles. The van der Waals surface area contributed by atoms with Gasteiger partial charge in [0, 0.05) is 17.5 Å². The Morgan fingerprint density at radius 3 is 3.06 bits per heavy atom. The average Bonchev–Trinajstić information content (AvgIpc) is 2.80. The zero-order chi connectivity index (χ0) is 12.3. The maximum absolute atomic E-state index is 10.9. The predicted octanol–water partition coefficient (Wildman–Crippen LogP) is 2.48. The zero-order valence-electron chi connectivity index (χ0n) is 10.1. The summed E-state index contributed by atoms with van der Waals surface area (Å²) in [5.41, 5.74) is 0. The first-order valence-corrected chi connectivity index (χ1v) is 7.04. The van der Waals surface area contributed by atoms with Gasteiger partial charge in [-0.3, -0.25) is 4.79 Å². The van der Waals surface area contributed by atoms with E-state index in [4.69, 9.17) is 5.11 Å². The SMILES string of the molecule is CC1CC(C(=O)O)CCN1CCc1cccs1. The summed E-state index contributed by atoms with van der Waals surface area (Å²) in [6.07, 6.45) is 2.67. The van der Waals surface area contributed by atoms with Crippen LogP contribution in [0.1, 0.15) is 24.6 Å². The molecule has 94 valence electrons. The van der Waals surface area contributed by atoms with E-state index in [2.05, 4.69) is 29.3 Å². The lowest BCUT2D eigenvalue weighted by Crippen LogP contribution is -2.43. The summed E-state index contributed by atoms with van der Waals surface area (Å²) in [5.74, 6) is -0.766. The topological polar surface area (TPSA) is 40.5 Å². The number of carboxylic acid groups (broad SMARTS) is 1. The highest BCUT2D eigenvalue weighted by atomic mass is 32.1. The van der Waals surface area contributed by atoms with Gasteiger partial charge in [-0.05, 0) is 44.2 Å². The summed E-state index contributed by atoms with van der Waals surface area (Å²) >= 11 is 1.80. The Morgan fingerprint density at radius 1 is 1.65 bits per heavy atom. The molecule has 1 N–H and O–H groups in total. The minimum Gasteiger partial charge on any atom is -0.481 e. The fourth-order valence-electron chi connectivity index (χ4n) is 2.49. The lowest BCUT2D eigenvalue weighted by molar-refractivity contribution is -0.144. The number of rotatable bonds is 4. The number of piperidine rings is 1. The molecule has 2 heterocycles. The first-order valence-electron chi connectivity index (χ1n) is 6.16. The summed E-state index contributed by atoms with van der Waals surface area (Å²) in [7, 11) is 0. The van der Waals surface area contributed by atoms with Crippen LogP contribution in [0.25, 0.3) is 0 Å². The van der Waals surface area contributed by atoms with Crippen molar-refractivity contribution in [2.75, 3.05) is 13.1 Å². The van der Waals surface area contributed by atoms with Crippen LogP contribution < -0.4 is 0 Å². The Bertz CT molecular complexity index is 364. The van der Waals surface area contributed by atoms with Gasteiger partial charge in [-0.2, -0.15) is 0 Å². The number of carbonyl (C=O) groups is 1. The molecule has 1 fully saturated rings. The number of aliphatic carboxylic acids is 1. The van der Waals surface area contributed by atoms with E-state index >= 15 is 0 Å². The van der Waals surface area contributed by atoms with Crippen LogP contribution >= 0.6 is 11.3 Å². The van der Waals surface area contributed by atoms with E-state index in [1.165, 1.54) is 4.88 Å². The van der Waals surface area contributed by atoms with E-state index in [0.29, 0.717) is 6.04 Å². The molecule has 0 radical (unpaired) electrons. The van der Waals surface area contributed by atoms with Crippen molar-refractivity contribution in [3.8, 4) is 0 Å². The van der Waals surface area contributed by atoms with Crippen molar-refractivity contribution in [1.82, 2.24) is 4.90 Å². The fraction of sp³-hybridized carbons (Fsp3) is 0.615. The second-order valence-electron chi connectivity index (χ2n) is 4.77. The normalized spacial score (nSPS) is 25.9. The van der Waals surface area contributed by atoms with E-state index in [-0.39, 0.29) is 5.92 Å². The van der Waals surface area contributed by atoms with Gasteiger partial charge in [0.15, 0.2) is 0 Å². The maximum Gasteiger partial charge on any atom is 0.306 e. The Morgan fingerprint density at radius 2 is 2.47 bits per heavy atom. The molecule has 1 aliphatic rings. The Labute approximate surface area is 106 Å². The smallest absolute Gasteiger partial charge is 0.306 e. The number of carboxylic acids is 1. The molecule has 2 atom stereocenters. The molecule has 0 saturated carbocycles. The molecule has 2 unspecified atom stereocenters. The molecule has 1 aromatic rings. The van der Waals surface area contributed by atoms with Gasteiger partial charge in [0.05, 0.1) is 5.92 Å². The van der Waals surface area contributed by atoms with E-state index in [9.17, 15) is 4.79 Å². The van der Waals surface area contributed by atoms with Crippen LogP contribution in [0.5, 0.6) is 0 Å². The summed E-state index contributed by atoms with van der Waals surface area (Å²) in [6, 6.07) is 4.64. The third-order valence-electron chi connectivity index (χ3n) is 3.59. The van der Waals surface area contributed by atoms with Crippen molar-refractivity contribution < 1.29 is 9.90 Å². The van der Waals surface area contributed by atoms with Crippen molar-refractivity contribution in [3.05, 3.63) is 22.4 Å². The fourth-order valence-corrected chi connectivity index (χ4v) is 3.18. The molecule has 3 nitrogen and oxygen atoms in total.